The van der Waals surface area contributed by atoms with Gasteiger partial charge in [-0.05, 0) is 31.2 Å². The van der Waals surface area contributed by atoms with E-state index in [2.05, 4.69) is 10.2 Å². The number of ketones is 1. The minimum Gasteiger partial charge on any atom is -0.368 e. The summed E-state index contributed by atoms with van der Waals surface area (Å²) in [6, 6.07) is 10.3. The number of amides is 2. The summed E-state index contributed by atoms with van der Waals surface area (Å²) in [6.07, 6.45) is 0. The molecule has 0 saturated carbocycles. The highest BCUT2D eigenvalue weighted by Gasteiger charge is 2.22. The van der Waals surface area contributed by atoms with E-state index in [0.29, 0.717) is 31.7 Å². The number of nitrogens with zero attached hydrogens (tertiary/aromatic N) is 2. The lowest BCUT2D eigenvalue weighted by atomic mass is 10.1. The molecule has 1 aliphatic heterocycles. The maximum atomic E-state index is 13.2. The highest BCUT2D eigenvalue weighted by atomic mass is 19.2. The van der Waals surface area contributed by atoms with Crippen LogP contribution in [-0.2, 0) is 0 Å². The summed E-state index contributed by atoms with van der Waals surface area (Å²) in [4.78, 5) is 27.5. The van der Waals surface area contributed by atoms with Gasteiger partial charge in [0, 0.05) is 49.2 Å². The molecule has 1 N–H and O–H groups in total. The van der Waals surface area contributed by atoms with Crippen LogP contribution in [0, 0.1) is 11.6 Å². The monoisotopic (exact) mass is 359 g/mol. The summed E-state index contributed by atoms with van der Waals surface area (Å²) in [5, 5.41) is 2.58. The molecule has 1 heterocycles. The lowest BCUT2D eigenvalue weighted by Gasteiger charge is -2.36. The summed E-state index contributed by atoms with van der Waals surface area (Å²) in [6.45, 7) is 3.73. The summed E-state index contributed by atoms with van der Waals surface area (Å²) in [5.41, 5.74) is 1.81. The van der Waals surface area contributed by atoms with Gasteiger partial charge in [-0.3, -0.25) is 4.79 Å². The van der Waals surface area contributed by atoms with Crippen molar-refractivity contribution >= 4 is 23.2 Å². The third kappa shape index (κ3) is 3.99. The van der Waals surface area contributed by atoms with E-state index >= 15 is 0 Å². The second-order valence-electron chi connectivity index (χ2n) is 6.14. The number of anilines is 2. The van der Waals surface area contributed by atoms with Gasteiger partial charge in [0.1, 0.15) is 0 Å². The van der Waals surface area contributed by atoms with Gasteiger partial charge in [0.15, 0.2) is 17.4 Å². The number of piperazine rings is 1. The number of nitrogens with one attached hydrogen (secondary N) is 1. The minimum absolute atomic E-state index is 0.0105. The molecule has 0 spiro atoms. The molecule has 2 aromatic carbocycles. The van der Waals surface area contributed by atoms with Gasteiger partial charge in [-0.15, -0.1) is 0 Å². The van der Waals surface area contributed by atoms with E-state index in [4.69, 9.17) is 0 Å². The fourth-order valence-electron chi connectivity index (χ4n) is 2.87. The molecule has 0 aromatic heterocycles. The first-order valence-electron chi connectivity index (χ1n) is 8.31. The van der Waals surface area contributed by atoms with Crippen LogP contribution >= 0.6 is 0 Å². The third-order valence-corrected chi connectivity index (χ3v) is 4.36. The lowest BCUT2D eigenvalue weighted by Crippen LogP contribution is -2.50. The van der Waals surface area contributed by atoms with E-state index in [1.807, 2.05) is 18.2 Å². The van der Waals surface area contributed by atoms with Gasteiger partial charge in [-0.2, -0.15) is 0 Å². The number of rotatable bonds is 3. The van der Waals surface area contributed by atoms with Crippen molar-refractivity contribution in [2.75, 3.05) is 36.4 Å². The minimum atomic E-state index is -1.00. The van der Waals surface area contributed by atoms with Crippen LogP contribution < -0.4 is 10.2 Å². The Bertz CT molecular complexity index is 833. The predicted octanol–water partition coefficient (Wildman–Crippen LogP) is 3.52. The number of hydrogen-bond acceptors (Lipinski definition) is 3. The zero-order chi connectivity index (χ0) is 18.7. The first-order chi connectivity index (χ1) is 12.4. The largest absolute Gasteiger partial charge is 0.368 e. The second-order valence-corrected chi connectivity index (χ2v) is 6.14. The zero-order valence-electron chi connectivity index (χ0n) is 14.3. The summed E-state index contributed by atoms with van der Waals surface area (Å²) < 4.78 is 26.2. The van der Waals surface area contributed by atoms with E-state index in [-0.39, 0.29) is 17.5 Å². The first-order valence-corrected chi connectivity index (χ1v) is 8.31. The van der Waals surface area contributed by atoms with Crippen molar-refractivity contribution in [2.45, 2.75) is 6.92 Å². The SMILES string of the molecule is CC(=O)c1cccc(N2CCN(C(=O)Nc3ccc(F)c(F)c3)CC2)c1. The van der Waals surface area contributed by atoms with Crippen molar-refractivity contribution in [1.29, 1.82) is 0 Å². The first kappa shape index (κ1) is 17.8. The molecule has 1 saturated heterocycles. The summed E-state index contributed by atoms with van der Waals surface area (Å²) >= 11 is 0. The van der Waals surface area contributed by atoms with Crippen LogP contribution in [-0.4, -0.2) is 42.9 Å². The van der Waals surface area contributed by atoms with Crippen LogP contribution in [0.1, 0.15) is 17.3 Å². The van der Waals surface area contributed by atoms with Gasteiger partial charge >= 0.3 is 6.03 Å². The molecule has 136 valence electrons. The van der Waals surface area contributed by atoms with Crippen LogP contribution in [0.2, 0.25) is 0 Å². The molecule has 0 unspecified atom stereocenters. The number of carbonyl (C=O) groups is 2. The molecular formula is C19H19F2N3O2. The van der Waals surface area contributed by atoms with Crippen molar-refractivity contribution in [3.8, 4) is 0 Å². The molecule has 3 rings (SSSR count). The third-order valence-electron chi connectivity index (χ3n) is 4.36. The number of carbonyl (C=O) groups excluding carboxylic acids is 2. The van der Waals surface area contributed by atoms with Crippen molar-refractivity contribution < 1.29 is 18.4 Å². The van der Waals surface area contributed by atoms with Crippen LogP contribution in [0.4, 0.5) is 25.0 Å². The Balaban J connectivity index is 1.59. The van der Waals surface area contributed by atoms with Gasteiger partial charge in [-0.25, -0.2) is 13.6 Å². The molecular weight excluding hydrogens is 340 g/mol. The van der Waals surface area contributed by atoms with E-state index < -0.39 is 11.6 Å². The van der Waals surface area contributed by atoms with Gasteiger partial charge < -0.3 is 15.1 Å². The fourth-order valence-corrected chi connectivity index (χ4v) is 2.87. The van der Waals surface area contributed by atoms with Crippen LogP contribution in [0.5, 0.6) is 0 Å². The number of urea groups is 1. The maximum absolute atomic E-state index is 13.2. The Kier molecular flexibility index (Phi) is 5.16. The fraction of sp³-hybridized carbons (Fsp3) is 0.263. The van der Waals surface area contributed by atoms with E-state index in [1.165, 1.54) is 13.0 Å². The standard InChI is InChI=1S/C19H19F2N3O2/c1-13(25)14-3-2-4-16(11-14)23-7-9-24(10-8-23)19(26)22-15-5-6-17(20)18(21)12-15/h2-6,11-12H,7-10H2,1H3,(H,22,26). The molecule has 7 heteroatoms. The maximum Gasteiger partial charge on any atom is 0.321 e. The molecule has 5 nitrogen and oxygen atoms in total. The Hall–Kier alpha value is -2.96. The van der Waals surface area contributed by atoms with Crippen molar-refractivity contribution in [3.63, 3.8) is 0 Å². The molecule has 26 heavy (non-hydrogen) atoms. The highest BCUT2D eigenvalue weighted by Crippen LogP contribution is 2.19. The van der Waals surface area contributed by atoms with Gasteiger partial charge in [-0.1, -0.05) is 12.1 Å². The average Bonchev–Trinajstić information content (AvgIpc) is 2.65. The Labute approximate surface area is 150 Å². The molecule has 0 atom stereocenters. The number of halogens is 2. The number of Topliss-reactive ketones (excluding diaryl/α,β-unsaturated/α-hetero) is 1. The van der Waals surface area contributed by atoms with E-state index in [1.54, 1.807) is 11.0 Å². The molecule has 0 bridgehead atoms. The van der Waals surface area contributed by atoms with Crippen molar-refractivity contribution in [2.24, 2.45) is 0 Å². The van der Waals surface area contributed by atoms with E-state index in [0.717, 1.165) is 17.8 Å². The Morgan fingerprint density at radius 3 is 2.35 bits per heavy atom. The quantitative estimate of drug-likeness (QED) is 0.853. The molecule has 0 radical (unpaired) electrons. The molecule has 2 amide bonds. The molecule has 1 fully saturated rings. The van der Waals surface area contributed by atoms with Crippen LogP contribution in [0.3, 0.4) is 0 Å². The van der Waals surface area contributed by atoms with Gasteiger partial charge in [0.25, 0.3) is 0 Å². The molecule has 1 aliphatic rings. The molecule has 2 aromatic rings. The molecule has 0 aliphatic carbocycles. The summed E-state index contributed by atoms with van der Waals surface area (Å²) in [7, 11) is 0. The summed E-state index contributed by atoms with van der Waals surface area (Å²) in [5.74, 6) is -1.95. The second kappa shape index (κ2) is 7.51. The topological polar surface area (TPSA) is 52.7 Å². The Morgan fingerprint density at radius 2 is 1.69 bits per heavy atom. The van der Waals surface area contributed by atoms with Gasteiger partial charge in [0.2, 0.25) is 0 Å². The van der Waals surface area contributed by atoms with Crippen LogP contribution in [0.25, 0.3) is 0 Å². The van der Waals surface area contributed by atoms with E-state index in [9.17, 15) is 18.4 Å². The Morgan fingerprint density at radius 1 is 0.962 bits per heavy atom. The van der Waals surface area contributed by atoms with Crippen LogP contribution in [0.15, 0.2) is 42.5 Å². The number of hydrogen-bond donors (Lipinski definition) is 1. The zero-order valence-corrected chi connectivity index (χ0v) is 14.3. The van der Waals surface area contributed by atoms with Crippen molar-refractivity contribution in [1.82, 2.24) is 4.90 Å². The lowest BCUT2D eigenvalue weighted by molar-refractivity contribution is 0.101. The average molecular weight is 359 g/mol. The highest BCUT2D eigenvalue weighted by molar-refractivity contribution is 5.95. The number of benzene rings is 2. The van der Waals surface area contributed by atoms with Crippen molar-refractivity contribution in [3.05, 3.63) is 59.7 Å². The predicted molar refractivity (Wildman–Crippen MR) is 95.6 cm³/mol. The smallest absolute Gasteiger partial charge is 0.321 e. The normalized spacial score (nSPS) is 14.3. The van der Waals surface area contributed by atoms with Gasteiger partial charge in [0.05, 0.1) is 0 Å².